The molecule has 0 saturated carbocycles. The molecule has 12 heavy (non-hydrogen) atoms. The summed E-state index contributed by atoms with van der Waals surface area (Å²) in [7, 11) is 3.81. The Labute approximate surface area is 71.9 Å². The van der Waals surface area contributed by atoms with E-state index in [1.807, 2.05) is 49.4 Å². The van der Waals surface area contributed by atoms with Gasteiger partial charge in [-0.2, -0.15) is 0 Å². The predicted molar refractivity (Wildman–Crippen MR) is 46.6 cm³/mol. The SMILES string of the molecule is CN(C)[NH2+]N=Nc1ccccc1. The van der Waals surface area contributed by atoms with Gasteiger partial charge in [-0.3, -0.25) is 0 Å². The summed E-state index contributed by atoms with van der Waals surface area (Å²) in [6.07, 6.45) is 0. The molecule has 0 aromatic heterocycles. The highest BCUT2D eigenvalue weighted by Gasteiger charge is 1.87. The van der Waals surface area contributed by atoms with Crippen molar-refractivity contribution in [2.24, 2.45) is 10.3 Å². The first kappa shape index (κ1) is 8.83. The van der Waals surface area contributed by atoms with Gasteiger partial charge >= 0.3 is 0 Å². The van der Waals surface area contributed by atoms with Crippen molar-refractivity contribution < 1.29 is 5.53 Å². The first-order valence-electron chi connectivity index (χ1n) is 3.75. The molecule has 0 aliphatic carbocycles. The number of rotatable bonds is 3. The van der Waals surface area contributed by atoms with Gasteiger partial charge in [0, 0.05) is 19.3 Å². The highest BCUT2D eigenvalue weighted by atomic mass is 15.7. The zero-order valence-electron chi connectivity index (χ0n) is 7.31. The third-order valence-electron chi connectivity index (χ3n) is 1.21. The van der Waals surface area contributed by atoms with Crippen LogP contribution in [0.2, 0.25) is 0 Å². The molecule has 0 aliphatic rings. The molecule has 0 aliphatic heterocycles. The van der Waals surface area contributed by atoms with Crippen molar-refractivity contribution in [1.82, 2.24) is 5.01 Å². The quantitative estimate of drug-likeness (QED) is 0.400. The van der Waals surface area contributed by atoms with Crippen LogP contribution in [0.15, 0.2) is 40.7 Å². The van der Waals surface area contributed by atoms with E-state index in [1.54, 1.807) is 5.53 Å². The van der Waals surface area contributed by atoms with Gasteiger partial charge in [-0.15, -0.1) is 10.5 Å². The van der Waals surface area contributed by atoms with Crippen LogP contribution in [0.1, 0.15) is 0 Å². The van der Waals surface area contributed by atoms with E-state index in [0.717, 1.165) is 5.69 Å². The lowest BCUT2D eigenvalue weighted by Gasteiger charge is -1.97. The second kappa shape index (κ2) is 4.58. The lowest BCUT2D eigenvalue weighted by atomic mass is 10.3. The largest absolute Gasteiger partial charge is 0.137 e. The maximum absolute atomic E-state index is 3.97. The first-order chi connectivity index (χ1) is 5.79. The second-order valence-corrected chi connectivity index (χ2v) is 2.63. The molecule has 0 atom stereocenters. The maximum Gasteiger partial charge on any atom is 0.0909 e. The van der Waals surface area contributed by atoms with Gasteiger partial charge in [-0.1, -0.05) is 23.3 Å². The summed E-state index contributed by atoms with van der Waals surface area (Å²) in [5.41, 5.74) is 2.53. The molecule has 0 radical (unpaired) electrons. The zero-order valence-corrected chi connectivity index (χ0v) is 7.31. The van der Waals surface area contributed by atoms with Crippen LogP contribution in [0.5, 0.6) is 0 Å². The van der Waals surface area contributed by atoms with Crippen LogP contribution in [0, 0.1) is 0 Å². The van der Waals surface area contributed by atoms with E-state index < -0.39 is 0 Å². The monoisotopic (exact) mass is 165 g/mol. The van der Waals surface area contributed by atoms with Crippen LogP contribution in [0.4, 0.5) is 5.69 Å². The Balaban J connectivity index is 2.47. The topological polar surface area (TPSA) is 44.6 Å². The van der Waals surface area contributed by atoms with E-state index in [9.17, 15) is 0 Å². The maximum atomic E-state index is 3.97. The van der Waals surface area contributed by atoms with Gasteiger partial charge in [0.15, 0.2) is 0 Å². The Kier molecular flexibility index (Phi) is 3.37. The van der Waals surface area contributed by atoms with Gasteiger partial charge in [-0.05, 0) is 12.1 Å². The zero-order chi connectivity index (χ0) is 8.81. The third kappa shape index (κ3) is 3.23. The lowest BCUT2D eigenvalue weighted by Crippen LogP contribution is -2.86. The van der Waals surface area contributed by atoms with E-state index in [2.05, 4.69) is 10.3 Å². The molecule has 0 fully saturated rings. The summed E-state index contributed by atoms with van der Waals surface area (Å²) < 4.78 is 0. The molecule has 4 nitrogen and oxygen atoms in total. The summed E-state index contributed by atoms with van der Waals surface area (Å²) in [6.45, 7) is 0. The molecule has 2 N–H and O–H groups in total. The minimum Gasteiger partial charge on any atom is -0.137 e. The Morgan fingerprint density at radius 3 is 2.42 bits per heavy atom. The number of hydrogen-bond acceptors (Lipinski definition) is 3. The minimum absolute atomic E-state index is 0.871. The summed E-state index contributed by atoms with van der Waals surface area (Å²) in [5.74, 6) is 0. The lowest BCUT2D eigenvalue weighted by molar-refractivity contribution is -0.805. The Morgan fingerprint density at radius 2 is 1.83 bits per heavy atom. The molecule has 0 saturated heterocycles. The Morgan fingerprint density at radius 1 is 1.17 bits per heavy atom. The molecule has 1 aromatic rings. The molecular formula is C8H13N4+. The molecule has 0 bridgehead atoms. The molecule has 64 valence electrons. The number of nitrogens with two attached hydrogens (primary N) is 1. The normalized spacial score (nSPS) is 11.2. The van der Waals surface area contributed by atoms with Crippen LogP contribution in [0.3, 0.4) is 0 Å². The highest BCUT2D eigenvalue weighted by Crippen LogP contribution is 2.08. The standard InChI is InChI=1S/C8H12N4/c1-12(2)11-10-9-8-6-4-3-5-7-8/h3-7H,1-2H3,(H,9,11)/p+1. The van der Waals surface area contributed by atoms with Crippen LogP contribution in [0.25, 0.3) is 0 Å². The fourth-order valence-corrected chi connectivity index (χ4v) is 0.690. The van der Waals surface area contributed by atoms with Crippen molar-refractivity contribution in [3.63, 3.8) is 0 Å². The second-order valence-electron chi connectivity index (χ2n) is 2.63. The van der Waals surface area contributed by atoms with Crippen LogP contribution in [-0.4, -0.2) is 19.1 Å². The number of hydrogen-bond donors (Lipinski definition) is 1. The van der Waals surface area contributed by atoms with Gasteiger partial charge in [0.25, 0.3) is 0 Å². The molecule has 1 aromatic carbocycles. The van der Waals surface area contributed by atoms with Gasteiger partial charge < -0.3 is 0 Å². The number of benzene rings is 1. The first-order valence-corrected chi connectivity index (χ1v) is 3.75. The van der Waals surface area contributed by atoms with E-state index in [1.165, 1.54) is 0 Å². The van der Waals surface area contributed by atoms with Crippen molar-refractivity contribution >= 4 is 5.69 Å². The molecule has 0 unspecified atom stereocenters. The number of quaternary nitrogens is 1. The van der Waals surface area contributed by atoms with Gasteiger partial charge in [0.2, 0.25) is 0 Å². The molecule has 4 heteroatoms. The van der Waals surface area contributed by atoms with Crippen molar-refractivity contribution in [2.45, 2.75) is 0 Å². The minimum atomic E-state index is 0.871. The summed E-state index contributed by atoms with van der Waals surface area (Å²) >= 11 is 0. The molecular weight excluding hydrogens is 152 g/mol. The fourth-order valence-electron chi connectivity index (χ4n) is 0.690. The molecule has 0 amide bonds. The van der Waals surface area contributed by atoms with Crippen molar-refractivity contribution in [3.8, 4) is 0 Å². The Hall–Kier alpha value is -1.26. The molecule has 0 spiro atoms. The average molecular weight is 165 g/mol. The van der Waals surface area contributed by atoms with Gasteiger partial charge in [0.1, 0.15) is 0 Å². The van der Waals surface area contributed by atoms with Crippen molar-refractivity contribution in [3.05, 3.63) is 30.3 Å². The summed E-state index contributed by atoms with van der Waals surface area (Å²) in [6, 6.07) is 9.64. The van der Waals surface area contributed by atoms with Crippen molar-refractivity contribution in [1.29, 1.82) is 0 Å². The van der Waals surface area contributed by atoms with Crippen LogP contribution in [-0.2, 0) is 0 Å². The van der Waals surface area contributed by atoms with E-state index >= 15 is 0 Å². The smallest absolute Gasteiger partial charge is 0.0909 e. The highest BCUT2D eigenvalue weighted by molar-refractivity contribution is 5.34. The van der Waals surface area contributed by atoms with Crippen molar-refractivity contribution in [2.75, 3.05) is 14.1 Å². The van der Waals surface area contributed by atoms with Crippen LogP contribution >= 0.6 is 0 Å². The van der Waals surface area contributed by atoms with Crippen LogP contribution < -0.4 is 5.53 Å². The number of nitrogens with zero attached hydrogens (tertiary/aromatic N) is 3. The molecule has 1 rings (SSSR count). The third-order valence-corrected chi connectivity index (χ3v) is 1.21. The molecule has 0 heterocycles. The Bertz CT molecular complexity index is 242. The summed E-state index contributed by atoms with van der Waals surface area (Å²) in [4.78, 5) is 0. The predicted octanol–water partition coefficient (Wildman–Crippen LogP) is 0.725. The van der Waals surface area contributed by atoms with E-state index in [4.69, 9.17) is 0 Å². The summed E-state index contributed by atoms with van der Waals surface area (Å²) in [5, 5.41) is 9.68. The average Bonchev–Trinajstić information content (AvgIpc) is 2.05. The van der Waals surface area contributed by atoms with E-state index in [0.29, 0.717) is 0 Å². The van der Waals surface area contributed by atoms with E-state index in [-0.39, 0.29) is 0 Å². The fraction of sp³-hybridized carbons (Fsp3) is 0.250. The van der Waals surface area contributed by atoms with Gasteiger partial charge in [0.05, 0.1) is 5.69 Å². The van der Waals surface area contributed by atoms with Gasteiger partial charge in [-0.25, -0.2) is 0 Å².